The zero-order chi connectivity index (χ0) is 24.2. The number of ether oxygens (including phenoxy) is 1. The minimum atomic E-state index is 0.0260. The van der Waals surface area contributed by atoms with Gasteiger partial charge in [-0.05, 0) is 56.4 Å². The summed E-state index contributed by atoms with van der Waals surface area (Å²) in [6.07, 6.45) is 8.78. The number of carbonyl (C=O) groups excluding carboxylic acids is 1. The fourth-order valence-electron chi connectivity index (χ4n) is 5.06. The summed E-state index contributed by atoms with van der Waals surface area (Å²) < 4.78 is 5.86. The van der Waals surface area contributed by atoms with Gasteiger partial charge in [-0.25, -0.2) is 9.97 Å². The van der Waals surface area contributed by atoms with E-state index in [4.69, 9.17) is 15.1 Å². The minimum Gasteiger partial charge on any atom is -0.372 e. The van der Waals surface area contributed by atoms with Crippen LogP contribution < -0.4 is 10.2 Å². The van der Waals surface area contributed by atoms with Crippen molar-refractivity contribution in [1.82, 2.24) is 9.97 Å². The number of morpholine rings is 1. The van der Waals surface area contributed by atoms with E-state index in [1.54, 1.807) is 6.07 Å². The molecule has 2 aromatic rings. The van der Waals surface area contributed by atoms with E-state index in [0.29, 0.717) is 23.3 Å². The summed E-state index contributed by atoms with van der Waals surface area (Å²) in [5.74, 6) is 1.58. The highest BCUT2D eigenvalue weighted by Crippen LogP contribution is 2.33. The smallest absolute Gasteiger partial charge is 0.168 e. The van der Waals surface area contributed by atoms with Gasteiger partial charge in [0.05, 0.1) is 12.2 Å². The van der Waals surface area contributed by atoms with Crippen LogP contribution in [0.15, 0.2) is 24.4 Å². The average Bonchev–Trinajstić information content (AvgIpc) is 2.83. The van der Waals surface area contributed by atoms with Gasteiger partial charge in [0.1, 0.15) is 17.3 Å². The molecule has 1 saturated carbocycles. The molecular formula is C27H37N5O2. The summed E-state index contributed by atoms with van der Waals surface area (Å²) in [4.78, 5) is 23.4. The first-order chi connectivity index (χ1) is 16.4. The molecule has 4 rings (SSSR count). The van der Waals surface area contributed by atoms with Gasteiger partial charge < -0.3 is 20.4 Å². The molecule has 2 aliphatic rings. The normalized spacial score (nSPS) is 21.5. The lowest BCUT2D eigenvalue weighted by Crippen LogP contribution is -2.45. The van der Waals surface area contributed by atoms with Crippen LogP contribution in [0.4, 0.5) is 11.6 Å². The second-order valence-corrected chi connectivity index (χ2v) is 10.1. The molecule has 0 bridgehead atoms. The quantitative estimate of drug-likeness (QED) is 0.425. The number of rotatable bonds is 7. The number of hydrogen-bond acceptors (Lipinski definition) is 7. The Morgan fingerprint density at radius 2 is 1.88 bits per heavy atom. The molecule has 2 aromatic heterocycles. The maximum atomic E-state index is 11.8. The van der Waals surface area contributed by atoms with Crippen LogP contribution in [0.3, 0.4) is 0 Å². The molecule has 0 radical (unpaired) electrons. The SMILES string of the molecule is CC1CN(c2ccc(-c3cc(C=O)nc(NC4CCCCC4)c3C(=N)C(C)C)cn2)CC(C)O1. The van der Waals surface area contributed by atoms with Crippen LogP contribution >= 0.6 is 0 Å². The van der Waals surface area contributed by atoms with E-state index >= 15 is 0 Å². The van der Waals surface area contributed by atoms with Crippen molar-refractivity contribution in [2.24, 2.45) is 5.92 Å². The van der Waals surface area contributed by atoms with Crippen molar-refractivity contribution in [2.45, 2.75) is 78.0 Å². The van der Waals surface area contributed by atoms with Crippen LogP contribution in [0.5, 0.6) is 0 Å². The van der Waals surface area contributed by atoms with Crippen molar-refractivity contribution in [3.63, 3.8) is 0 Å². The molecule has 2 N–H and O–H groups in total. The zero-order valence-electron chi connectivity index (χ0n) is 20.8. The fraction of sp³-hybridized carbons (Fsp3) is 0.556. The number of aldehydes is 1. The monoisotopic (exact) mass is 463 g/mol. The first-order valence-corrected chi connectivity index (χ1v) is 12.6. The Morgan fingerprint density at radius 3 is 2.47 bits per heavy atom. The van der Waals surface area contributed by atoms with Crippen LogP contribution in [0.2, 0.25) is 0 Å². The van der Waals surface area contributed by atoms with Gasteiger partial charge in [-0.1, -0.05) is 33.1 Å². The van der Waals surface area contributed by atoms with Crippen molar-refractivity contribution in [1.29, 1.82) is 5.41 Å². The lowest BCUT2D eigenvalue weighted by atomic mass is 9.91. The molecular weight excluding hydrogens is 426 g/mol. The van der Waals surface area contributed by atoms with E-state index in [9.17, 15) is 4.79 Å². The third-order valence-electron chi connectivity index (χ3n) is 6.76. The van der Waals surface area contributed by atoms with Gasteiger partial charge in [-0.2, -0.15) is 0 Å². The van der Waals surface area contributed by atoms with Gasteiger partial charge in [-0.3, -0.25) is 4.79 Å². The molecule has 2 atom stereocenters. The Morgan fingerprint density at radius 1 is 1.18 bits per heavy atom. The van der Waals surface area contributed by atoms with Crippen molar-refractivity contribution < 1.29 is 9.53 Å². The molecule has 1 aliphatic carbocycles. The molecule has 1 saturated heterocycles. The maximum absolute atomic E-state index is 11.8. The number of nitrogens with zero attached hydrogens (tertiary/aromatic N) is 3. The summed E-state index contributed by atoms with van der Waals surface area (Å²) in [7, 11) is 0. The second-order valence-electron chi connectivity index (χ2n) is 10.1. The molecule has 34 heavy (non-hydrogen) atoms. The molecule has 2 fully saturated rings. The Kier molecular flexibility index (Phi) is 7.61. The van der Waals surface area contributed by atoms with Gasteiger partial charge in [0.25, 0.3) is 0 Å². The molecule has 3 heterocycles. The molecule has 182 valence electrons. The van der Waals surface area contributed by atoms with Crippen molar-refractivity contribution in [2.75, 3.05) is 23.3 Å². The number of carbonyl (C=O) groups is 1. The number of anilines is 2. The predicted octanol–water partition coefficient (Wildman–Crippen LogP) is 5.34. The van der Waals surface area contributed by atoms with Crippen LogP contribution in [-0.4, -0.2) is 53.3 Å². The molecule has 7 nitrogen and oxygen atoms in total. The van der Waals surface area contributed by atoms with E-state index in [2.05, 4.69) is 29.0 Å². The third-order valence-corrected chi connectivity index (χ3v) is 6.76. The summed E-state index contributed by atoms with van der Waals surface area (Å²) in [6.45, 7) is 9.82. The highest BCUT2D eigenvalue weighted by Gasteiger charge is 2.25. The number of hydrogen-bond donors (Lipinski definition) is 2. The van der Waals surface area contributed by atoms with Gasteiger partial charge in [0.2, 0.25) is 0 Å². The van der Waals surface area contributed by atoms with E-state index in [0.717, 1.165) is 54.7 Å². The van der Waals surface area contributed by atoms with Crippen LogP contribution in [0.25, 0.3) is 11.1 Å². The van der Waals surface area contributed by atoms with E-state index < -0.39 is 0 Å². The summed E-state index contributed by atoms with van der Waals surface area (Å²) in [5, 5.41) is 12.5. The topological polar surface area (TPSA) is 91.2 Å². The number of nitrogens with one attached hydrogen (secondary N) is 2. The van der Waals surface area contributed by atoms with Crippen molar-refractivity contribution >= 4 is 23.6 Å². The molecule has 7 heteroatoms. The van der Waals surface area contributed by atoms with Crippen LogP contribution in [-0.2, 0) is 4.74 Å². The molecule has 1 aliphatic heterocycles. The molecule has 0 amide bonds. The first kappa shape index (κ1) is 24.3. The van der Waals surface area contributed by atoms with E-state index in [1.807, 2.05) is 32.2 Å². The second kappa shape index (κ2) is 10.6. The standard InChI is InChI=1S/C27H37N5O2/c1-17(2)26(28)25-23(12-22(16-33)31-27(25)30-21-8-6-5-7-9-21)20-10-11-24(29-13-20)32-14-18(3)34-19(4)15-32/h10-13,16-19,21,28H,5-9,14-15H2,1-4H3,(H,30,31). The van der Waals surface area contributed by atoms with E-state index in [-0.39, 0.29) is 18.1 Å². The number of aromatic nitrogens is 2. The van der Waals surface area contributed by atoms with Gasteiger partial charge >= 0.3 is 0 Å². The largest absolute Gasteiger partial charge is 0.372 e. The van der Waals surface area contributed by atoms with Crippen LogP contribution in [0.1, 0.15) is 75.9 Å². The summed E-state index contributed by atoms with van der Waals surface area (Å²) in [5.41, 5.74) is 3.37. The van der Waals surface area contributed by atoms with Gasteiger partial charge in [-0.15, -0.1) is 0 Å². The average molecular weight is 464 g/mol. The maximum Gasteiger partial charge on any atom is 0.168 e. The van der Waals surface area contributed by atoms with Gasteiger partial charge in [0.15, 0.2) is 6.29 Å². The molecule has 0 spiro atoms. The predicted molar refractivity (Wildman–Crippen MR) is 137 cm³/mol. The first-order valence-electron chi connectivity index (χ1n) is 12.6. The Balaban J connectivity index is 1.72. The molecule has 2 unspecified atom stereocenters. The van der Waals surface area contributed by atoms with Crippen LogP contribution in [0, 0.1) is 11.3 Å². The lowest BCUT2D eigenvalue weighted by molar-refractivity contribution is -0.00545. The van der Waals surface area contributed by atoms with E-state index in [1.165, 1.54) is 19.3 Å². The summed E-state index contributed by atoms with van der Waals surface area (Å²) in [6, 6.07) is 6.18. The number of pyridine rings is 2. The minimum absolute atomic E-state index is 0.0260. The van der Waals surface area contributed by atoms with Gasteiger partial charge in [0, 0.05) is 42.2 Å². The Labute approximate surface area is 202 Å². The summed E-state index contributed by atoms with van der Waals surface area (Å²) >= 11 is 0. The van der Waals surface area contributed by atoms with Crippen molar-refractivity contribution in [3.8, 4) is 11.1 Å². The lowest BCUT2D eigenvalue weighted by Gasteiger charge is -2.36. The highest BCUT2D eigenvalue weighted by molar-refractivity contribution is 6.09. The fourth-order valence-corrected chi connectivity index (χ4v) is 5.06. The Bertz CT molecular complexity index is 1000. The third kappa shape index (κ3) is 5.46. The molecule has 0 aromatic carbocycles. The Hall–Kier alpha value is -2.80. The van der Waals surface area contributed by atoms with Crippen molar-refractivity contribution in [3.05, 3.63) is 35.7 Å². The zero-order valence-corrected chi connectivity index (χ0v) is 20.8. The highest BCUT2D eigenvalue weighted by atomic mass is 16.5.